The maximum atomic E-state index is 12.0. The predicted molar refractivity (Wildman–Crippen MR) is 82.3 cm³/mol. The molecule has 0 radical (unpaired) electrons. The fraction of sp³-hybridized carbons (Fsp3) is 1.00. The fourth-order valence-electron chi connectivity index (χ4n) is 3.34. The number of hydrogen-bond acceptors (Lipinski definition) is 4. The number of likely N-dealkylation sites (tertiary alicyclic amines) is 1. The van der Waals surface area contributed by atoms with E-state index in [0.29, 0.717) is 37.6 Å². The lowest BCUT2D eigenvalue weighted by molar-refractivity contribution is 0.270. The zero-order chi connectivity index (χ0) is 14.8. The molecule has 0 spiro atoms. The molecule has 2 rings (SSSR count). The molecule has 0 aromatic rings. The Labute approximate surface area is 123 Å². The van der Waals surface area contributed by atoms with Crippen molar-refractivity contribution in [2.45, 2.75) is 57.7 Å². The summed E-state index contributed by atoms with van der Waals surface area (Å²) in [4.78, 5) is 2.39. The Balaban J connectivity index is 1.77. The zero-order valence-corrected chi connectivity index (χ0v) is 13.8. The second-order valence-electron chi connectivity index (χ2n) is 6.38. The molecule has 5 nitrogen and oxygen atoms in total. The minimum Gasteiger partial charge on any atom is -0.310 e. The van der Waals surface area contributed by atoms with Crippen LogP contribution in [-0.2, 0) is 10.0 Å². The van der Waals surface area contributed by atoms with Gasteiger partial charge in [-0.15, -0.1) is 0 Å². The molecule has 2 unspecified atom stereocenters. The van der Waals surface area contributed by atoms with E-state index in [1.807, 2.05) is 6.92 Å². The van der Waals surface area contributed by atoms with Crippen molar-refractivity contribution in [3.05, 3.63) is 0 Å². The van der Waals surface area contributed by atoms with E-state index < -0.39 is 10.0 Å². The number of sulfonamides is 1. The van der Waals surface area contributed by atoms with Crippen LogP contribution in [0.15, 0.2) is 0 Å². The summed E-state index contributed by atoms with van der Waals surface area (Å²) in [7, 11) is -0.831. The molecular formula is C14H29N3O2S. The van der Waals surface area contributed by atoms with Crippen LogP contribution in [0.1, 0.15) is 39.5 Å². The number of nitrogens with one attached hydrogen (secondary N) is 1. The molecule has 6 heteroatoms. The van der Waals surface area contributed by atoms with Crippen molar-refractivity contribution in [2.75, 3.05) is 32.4 Å². The Kier molecular flexibility index (Phi) is 5.45. The second-order valence-corrected chi connectivity index (χ2v) is 8.47. The molecule has 2 atom stereocenters. The topological polar surface area (TPSA) is 52.7 Å². The van der Waals surface area contributed by atoms with E-state index in [9.17, 15) is 8.42 Å². The average molecular weight is 303 g/mol. The van der Waals surface area contributed by atoms with E-state index in [0.717, 1.165) is 19.4 Å². The van der Waals surface area contributed by atoms with E-state index in [-0.39, 0.29) is 5.75 Å². The standard InChI is InChI=1S/C14H29N3O2S/c1-4-9-20(18,19)17-7-5-13(6-8-17)15-14-10-12(2)16(3)11-14/h12-15H,4-11H2,1-3H3. The van der Waals surface area contributed by atoms with Gasteiger partial charge in [0.05, 0.1) is 5.75 Å². The van der Waals surface area contributed by atoms with Crippen molar-refractivity contribution in [2.24, 2.45) is 0 Å². The van der Waals surface area contributed by atoms with Crippen molar-refractivity contribution in [3.63, 3.8) is 0 Å². The second kappa shape index (κ2) is 6.73. The first-order chi connectivity index (χ1) is 9.42. The maximum Gasteiger partial charge on any atom is 0.214 e. The van der Waals surface area contributed by atoms with Gasteiger partial charge in [0.1, 0.15) is 0 Å². The smallest absolute Gasteiger partial charge is 0.214 e. The van der Waals surface area contributed by atoms with Gasteiger partial charge in [-0.1, -0.05) is 6.92 Å². The third kappa shape index (κ3) is 3.93. The van der Waals surface area contributed by atoms with Crippen LogP contribution >= 0.6 is 0 Å². The third-order valence-corrected chi connectivity index (χ3v) is 6.74. The van der Waals surface area contributed by atoms with E-state index >= 15 is 0 Å². The number of rotatable bonds is 5. The average Bonchev–Trinajstić information content (AvgIpc) is 2.69. The van der Waals surface area contributed by atoms with E-state index in [1.165, 1.54) is 6.42 Å². The van der Waals surface area contributed by atoms with Crippen molar-refractivity contribution < 1.29 is 8.42 Å². The molecule has 0 bridgehead atoms. The molecule has 2 saturated heterocycles. The highest BCUT2D eigenvalue weighted by atomic mass is 32.2. The van der Waals surface area contributed by atoms with Crippen molar-refractivity contribution in [1.29, 1.82) is 0 Å². The number of likely N-dealkylation sites (N-methyl/N-ethyl adjacent to an activating group) is 1. The molecule has 2 aliphatic rings. The maximum absolute atomic E-state index is 12.0. The van der Waals surface area contributed by atoms with Crippen LogP contribution in [0.2, 0.25) is 0 Å². The van der Waals surface area contributed by atoms with Gasteiger partial charge in [-0.3, -0.25) is 0 Å². The summed E-state index contributed by atoms with van der Waals surface area (Å²) >= 11 is 0. The van der Waals surface area contributed by atoms with Crippen LogP contribution in [0.5, 0.6) is 0 Å². The van der Waals surface area contributed by atoms with E-state index in [1.54, 1.807) is 4.31 Å². The number of nitrogens with zero attached hydrogens (tertiary/aromatic N) is 2. The van der Waals surface area contributed by atoms with Gasteiger partial charge in [0.25, 0.3) is 0 Å². The molecular weight excluding hydrogens is 274 g/mol. The molecule has 2 aliphatic heterocycles. The lowest BCUT2D eigenvalue weighted by Crippen LogP contribution is -2.48. The summed E-state index contributed by atoms with van der Waals surface area (Å²) < 4.78 is 25.7. The van der Waals surface area contributed by atoms with Crippen molar-refractivity contribution >= 4 is 10.0 Å². The first-order valence-corrected chi connectivity index (χ1v) is 9.47. The molecule has 1 N–H and O–H groups in total. The van der Waals surface area contributed by atoms with Gasteiger partial charge in [-0.05, 0) is 39.7 Å². The number of hydrogen-bond donors (Lipinski definition) is 1. The van der Waals surface area contributed by atoms with Gasteiger partial charge in [0.15, 0.2) is 0 Å². The quantitative estimate of drug-likeness (QED) is 0.819. The van der Waals surface area contributed by atoms with Crippen LogP contribution in [-0.4, -0.2) is 68.2 Å². The fourth-order valence-corrected chi connectivity index (χ4v) is 4.88. The largest absolute Gasteiger partial charge is 0.310 e. The van der Waals surface area contributed by atoms with E-state index in [4.69, 9.17) is 0 Å². The third-order valence-electron chi connectivity index (χ3n) is 4.67. The highest BCUT2D eigenvalue weighted by Crippen LogP contribution is 2.19. The Hall–Kier alpha value is -0.170. The minimum atomic E-state index is -3.00. The molecule has 0 saturated carbocycles. The summed E-state index contributed by atoms with van der Waals surface area (Å²) in [5, 5.41) is 3.72. The van der Waals surface area contributed by atoms with Gasteiger partial charge in [-0.2, -0.15) is 0 Å². The number of piperidine rings is 1. The molecule has 0 aliphatic carbocycles. The Morgan fingerprint density at radius 2 is 1.85 bits per heavy atom. The summed E-state index contributed by atoms with van der Waals surface area (Å²) in [6.45, 7) is 6.65. The molecule has 2 fully saturated rings. The molecule has 118 valence electrons. The Bertz CT molecular complexity index is 395. The van der Waals surface area contributed by atoms with Gasteiger partial charge < -0.3 is 10.2 Å². The van der Waals surface area contributed by atoms with Crippen LogP contribution in [0.3, 0.4) is 0 Å². The summed E-state index contributed by atoms with van der Waals surface area (Å²) in [5.74, 6) is 0.288. The zero-order valence-electron chi connectivity index (χ0n) is 13.0. The van der Waals surface area contributed by atoms with Gasteiger partial charge in [0.2, 0.25) is 10.0 Å². The Morgan fingerprint density at radius 3 is 2.35 bits per heavy atom. The van der Waals surface area contributed by atoms with Crippen LogP contribution in [0.4, 0.5) is 0 Å². The summed E-state index contributed by atoms with van der Waals surface area (Å²) in [6, 6.07) is 1.70. The SMILES string of the molecule is CCCS(=O)(=O)N1CCC(NC2CC(C)N(C)C2)CC1. The van der Waals surface area contributed by atoms with Crippen molar-refractivity contribution in [3.8, 4) is 0 Å². The van der Waals surface area contributed by atoms with Gasteiger partial charge >= 0.3 is 0 Å². The van der Waals surface area contributed by atoms with Crippen LogP contribution in [0, 0.1) is 0 Å². The first kappa shape index (κ1) is 16.2. The predicted octanol–water partition coefficient (Wildman–Crippen LogP) is 0.873. The van der Waals surface area contributed by atoms with Gasteiger partial charge in [0, 0.05) is 37.8 Å². The molecule has 0 amide bonds. The molecule has 2 heterocycles. The first-order valence-electron chi connectivity index (χ1n) is 7.86. The van der Waals surface area contributed by atoms with E-state index in [2.05, 4.69) is 24.2 Å². The van der Waals surface area contributed by atoms with Crippen molar-refractivity contribution in [1.82, 2.24) is 14.5 Å². The monoisotopic (exact) mass is 303 g/mol. The van der Waals surface area contributed by atoms with Crippen LogP contribution in [0.25, 0.3) is 0 Å². The summed E-state index contributed by atoms with van der Waals surface area (Å²) in [5.41, 5.74) is 0. The Morgan fingerprint density at radius 1 is 1.20 bits per heavy atom. The normalized spacial score (nSPS) is 30.9. The highest BCUT2D eigenvalue weighted by Gasteiger charge is 2.31. The highest BCUT2D eigenvalue weighted by molar-refractivity contribution is 7.89. The lowest BCUT2D eigenvalue weighted by atomic mass is 10.0. The molecule has 20 heavy (non-hydrogen) atoms. The molecule has 0 aromatic carbocycles. The van der Waals surface area contributed by atoms with Crippen LogP contribution < -0.4 is 5.32 Å². The van der Waals surface area contributed by atoms with Gasteiger partial charge in [-0.25, -0.2) is 12.7 Å². The molecule has 0 aromatic heterocycles. The minimum absolute atomic E-state index is 0.288. The lowest BCUT2D eigenvalue weighted by Gasteiger charge is -2.33. The summed E-state index contributed by atoms with van der Waals surface area (Å²) in [6.07, 6.45) is 3.78.